The largest absolute Gasteiger partial charge is 0.377 e. The molecule has 0 amide bonds. The molecular formula is C18H31NO. The Morgan fingerprint density at radius 1 is 1.05 bits per heavy atom. The zero-order valence-electron chi connectivity index (χ0n) is 13.4. The van der Waals surface area contributed by atoms with Crippen molar-refractivity contribution in [2.24, 2.45) is 5.73 Å². The molecule has 0 spiro atoms. The fourth-order valence-electron chi connectivity index (χ4n) is 2.31. The molecule has 0 aliphatic carbocycles. The van der Waals surface area contributed by atoms with Crippen LogP contribution in [0.2, 0.25) is 0 Å². The van der Waals surface area contributed by atoms with Crippen LogP contribution in [0.3, 0.4) is 0 Å². The third-order valence-electron chi connectivity index (χ3n) is 3.84. The monoisotopic (exact) mass is 277 g/mol. The van der Waals surface area contributed by atoms with E-state index in [0.717, 1.165) is 12.8 Å². The zero-order valence-corrected chi connectivity index (χ0v) is 13.4. The Morgan fingerprint density at radius 3 is 2.35 bits per heavy atom. The fraction of sp³-hybridized carbons (Fsp3) is 0.667. The maximum absolute atomic E-state index is 6.19. The summed E-state index contributed by atoms with van der Waals surface area (Å²) in [5, 5.41) is 0. The molecule has 0 aliphatic heterocycles. The van der Waals surface area contributed by atoms with E-state index in [4.69, 9.17) is 10.5 Å². The number of benzene rings is 1. The van der Waals surface area contributed by atoms with E-state index in [0.29, 0.717) is 12.7 Å². The lowest BCUT2D eigenvalue weighted by Gasteiger charge is -2.17. The Labute approximate surface area is 124 Å². The minimum Gasteiger partial charge on any atom is -0.377 e. The van der Waals surface area contributed by atoms with Gasteiger partial charge >= 0.3 is 0 Å². The lowest BCUT2D eigenvalue weighted by molar-refractivity contribution is 0.0490. The third kappa shape index (κ3) is 6.53. The Balaban J connectivity index is 2.25. The van der Waals surface area contributed by atoms with E-state index in [1.807, 2.05) is 0 Å². The van der Waals surface area contributed by atoms with Gasteiger partial charge in [0.1, 0.15) is 0 Å². The van der Waals surface area contributed by atoms with Crippen LogP contribution in [0, 0.1) is 0 Å². The van der Waals surface area contributed by atoms with Gasteiger partial charge in [-0.1, -0.05) is 63.8 Å². The van der Waals surface area contributed by atoms with Gasteiger partial charge in [0.2, 0.25) is 0 Å². The minimum atomic E-state index is -0.0148. The van der Waals surface area contributed by atoms with Gasteiger partial charge in [0, 0.05) is 0 Å². The Bertz CT molecular complexity index is 347. The first-order chi connectivity index (χ1) is 9.67. The highest BCUT2D eigenvalue weighted by Gasteiger charge is 2.09. The molecule has 2 atom stereocenters. The van der Waals surface area contributed by atoms with Gasteiger partial charge in [-0.05, 0) is 30.9 Å². The topological polar surface area (TPSA) is 35.2 Å². The number of aryl methyl sites for hydroxylation is 1. The van der Waals surface area contributed by atoms with Crippen LogP contribution >= 0.6 is 0 Å². The molecule has 0 heterocycles. The summed E-state index contributed by atoms with van der Waals surface area (Å²) >= 11 is 0. The van der Waals surface area contributed by atoms with Crippen molar-refractivity contribution >= 4 is 0 Å². The van der Waals surface area contributed by atoms with Gasteiger partial charge in [-0.3, -0.25) is 0 Å². The van der Waals surface area contributed by atoms with Crippen molar-refractivity contribution in [2.45, 2.75) is 71.4 Å². The highest BCUT2D eigenvalue weighted by atomic mass is 16.5. The number of nitrogens with two attached hydrogens (primary N) is 1. The molecule has 0 fully saturated rings. The average molecular weight is 277 g/mol. The van der Waals surface area contributed by atoms with Crippen LogP contribution in [0.1, 0.15) is 70.0 Å². The van der Waals surface area contributed by atoms with E-state index in [9.17, 15) is 0 Å². The maximum Gasteiger partial charge on any atom is 0.0662 e. The van der Waals surface area contributed by atoms with Crippen molar-refractivity contribution in [1.29, 1.82) is 0 Å². The highest BCUT2D eigenvalue weighted by molar-refractivity contribution is 5.24. The molecule has 2 unspecified atom stereocenters. The van der Waals surface area contributed by atoms with Gasteiger partial charge in [-0.25, -0.2) is 0 Å². The molecule has 0 aromatic heterocycles. The van der Waals surface area contributed by atoms with Crippen LogP contribution in [-0.2, 0) is 11.2 Å². The van der Waals surface area contributed by atoms with Crippen molar-refractivity contribution < 1.29 is 4.74 Å². The van der Waals surface area contributed by atoms with E-state index in [1.165, 1.54) is 36.8 Å². The molecule has 1 aromatic carbocycles. The summed E-state index contributed by atoms with van der Waals surface area (Å²) in [7, 11) is 0. The first kappa shape index (κ1) is 17.2. The number of unbranched alkanes of at least 4 members (excludes halogenated alkanes) is 3. The molecule has 20 heavy (non-hydrogen) atoms. The predicted octanol–water partition coefficient (Wildman–Crippen LogP) is 4.62. The van der Waals surface area contributed by atoms with Crippen molar-refractivity contribution in [3.63, 3.8) is 0 Å². The summed E-state index contributed by atoms with van der Waals surface area (Å²) in [6.45, 7) is 7.17. The lowest BCUT2D eigenvalue weighted by atomic mass is 10.0. The molecule has 2 heteroatoms. The van der Waals surface area contributed by atoms with Crippen LogP contribution in [0.15, 0.2) is 24.3 Å². The van der Waals surface area contributed by atoms with E-state index < -0.39 is 0 Å². The lowest BCUT2D eigenvalue weighted by Crippen LogP contribution is -2.20. The summed E-state index contributed by atoms with van der Waals surface area (Å²) in [4.78, 5) is 0. The summed E-state index contributed by atoms with van der Waals surface area (Å²) in [6, 6.07) is 8.54. The summed E-state index contributed by atoms with van der Waals surface area (Å²) in [5.41, 5.74) is 8.71. The first-order valence-electron chi connectivity index (χ1n) is 8.13. The van der Waals surface area contributed by atoms with Crippen LogP contribution in [0.5, 0.6) is 0 Å². The molecular weight excluding hydrogens is 246 g/mol. The second-order valence-corrected chi connectivity index (χ2v) is 5.69. The van der Waals surface area contributed by atoms with Gasteiger partial charge in [-0.2, -0.15) is 0 Å². The van der Waals surface area contributed by atoms with Crippen LogP contribution in [-0.4, -0.2) is 12.7 Å². The fourth-order valence-corrected chi connectivity index (χ4v) is 2.31. The SMILES string of the molecule is CCCCCCC(C)OCC(N)c1ccc(CC)cc1. The molecule has 0 saturated heterocycles. The third-order valence-corrected chi connectivity index (χ3v) is 3.84. The summed E-state index contributed by atoms with van der Waals surface area (Å²) < 4.78 is 5.87. The standard InChI is InChI=1S/C18H31NO/c1-4-6-7-8-9-15(3)20-14-18(19)17-12-10-16(5-2)11-13-17/h10-13,15,18H,4-9,14,19H2,1-3H3. The Hall–Kier alpha value is -0.860. The Morgan fingerprint density at radius 2 is 1.75 bits per heavy atom. The van der Waals surface area contributed by atoms with E-state index in [2.05, 4.69) is 45.0 Å². The quantitative estimate of drug-likeness (QED) is 0.633. The molecule has 1 aromatic rings. The van der Waals surface area contributed by atoms with Gasteiger partial charge in [0.25, 0.3) is 0 Å². The molecule has 1 rings (SSSR count). The van der Waals surface area contributed by atoms with Gasteiger partial charge < -0.3 is 10.5 Å². The molecule has 114 valence electrons. The Kier molecular flexibility index (Phi) is 8.56. The zero-order chi connectivity index (χ0) is 14.8. The molecule has 0 radical (unpaired) electrons. The number of ether oxygens (including phenoxy) is 1. The van der Waals surface area contributed by atoms with Crippen molar-refractivity contribution in [3.8, 4) is 0 Å². The number of hydrogen-bond donors (Lipinski definition) is 1. The molecule has 2 N–H and O–H groups in total. The summed E-state index contributed by atoms with van der Waals surface area (Å²) in [5.74, 6) is 0. The number of hydrogen-bond acceptors (Lipinski definition) is 2. The minimum absolute atomic E-state index is 0.0148. The number of rotatable bonds is 10. The van der Waals surface area contributed by atoms with Crippen LogP contribution in [0.4, 0.5) is 0 Å². The van der Waals surface area contributed by atoms with E-state index in [-0.39, 0.29) is 6.04 Å². The normalized spacial score (nSPS) is 14.2. The van der Waals surface area contributed by atoms with Gasteiger partial charge in [-0.15, -0.1) is 0 Å². The van der Waals surface area contributed by atoms with Crippen molar-refractivity contribution in [2.75, 3.05) is 6.61 Å². The van der Waals surface area contributed by atoms with Crippen molar-refractivity contribution in [3.05, 3.63) is 35.4 Å². The molecule has 2 nitrogen and oxygen atoms in total. The van der Waals surface area contributed by atoms with Crippen LogP contribution < -0.4 is 5.73 Å². The van der Waals surface area contributed by atoms with Crippen LogP contribution in [0.25, 0.3) is 0 Å². The second-order valence-electron chi connectivity index (χ2n) is 5.69. The second kappa shape index (κ2) is 9.95. The summed E-state index contributed by atoms with van der Waals surface area (Å²) in [6.07, 6.45) is 7.71. The van der Waals surface area contributed by atoms with E-state index in [1.54, 1.807) is 0 Å². The predicted molar refractivity (Wildman–Crippen MR) is 86.9 cm³/mol. The highest BCUT2D eigenvalue weighted by Crippen LogP contribution is 2.15. The van der Waals surface area contributed by atoms with Crippen molar-refractivity contribution in [1.82, 2.24) is 0 Å². The van der Waals surface area contributed by atoms with Gasteiger partial charge in [0.05, 0.1) is 18.8 Å². The first-order valence-corrected chi connectivity index (χ1v) is 8.13. The smallest absolute Gasteiger partial charge is 0.0662 e. The average Bonchev–Trinajstić information content (AvgIpc) is 2.49. The van der Waals surface area contributed by atoms with E-state index >= 15 is 0 Å². The maximum atomic E-state index is 6.19. The molecule has 0 bridgehead atoms. The molecule has 0 aliphatic rings. The molecule has 0 saturated carbocycles. The van der Waals surface area contributed by atoms with Gasteiger partial charge in [0.15, 0.2) is 0 Å².